The molecule has 1 aromatic carbocycles. The Morgan fingerprint density at radius 3 is 2.56 bits per heavy atom. The first-order valence-corrected chi connectivity index (χ1v) is 6.32. The molecule has 0 aliphatic carbocycles. The smallest absolute Gasteiger partial charge is 0.0491 e. The van der Waals surface area contributed by atoms with Gasteiger partial charge in [-0.15, -0.1) is 11.6 Å². The number of aryl methyl sites for hydroxylation is 1. The van der Waals surface area contributed by atoms with Crippen LogP contribution in [0.1, 0.15) is 18.1 Å². The van der Waals surface area contributed by atoms with Crippen LogP contribution in [0.25, 0.3) is 0 Å². The van der Waals surface area contributed by atoms with Crippen molar-refractivity contribution < 1.29 is 4.74 Å². The summed E-state index contributed by atoms with van der Waals surface area (Å²) in [5.74, 6) is 1.68. The van der Waals surface area contributed by atoms with E-state index in [0.717, 1.165) is 13.0 Å². The molecule has 0 aliphatic heterocycles. The monoisotopic (exact) mass is 240 g/mol. The van der Waals surface area contributed by atoms with Gasteiger partial charge in [0.25, 0.3) is 0 Å². The first-order chi connectivity index (χ1) is 7.69. The molecule has 2 unspecified atom stereocenters. The van der Waals surface area contributed by atoms with E-state index in [9.17, 15) is 0 Å². The molecular weight excluding hydrogens is 220 g/mol. The maximum Gasteiger partial charge on any atom is 0.0491 e. The summed E-state index contributed by atoms with van der Waals surface area (Å²) in [6.07, 6.45) is 1.04. The van der Waals surface area contributed by atoms with Gasteiger partial charge in [-0.05, 0) is 36.3 Å². The van der Waals surface area contributed by atoms with Crippen LogP contribution in [-0.4, -0.2) is 19.6 Å². The summed E-state index contributed by atoms with van der Waals surface area (Å²) in [6, 6.07) is 8.51. The van der Waals surface area contributed by atoms with Gasteiger partial charge in [0.1, 0.15) is 0 Å². The van der Waals surface area contributed by atoms with Crippen molar-refractivity contribution in [2.45, 2.75) is 20.3 Å². The van der Waals surface area contributed by atoms with E-state index in [2.05, 4.69) is 38.1 Å². The Hall–Kier alpha value is -0.530. The Morgan fingerprint density at radius 1 is 1.31 bits per heavy atom. The van der Waals surface area contributed by atoms with Gasteiger partial charge in [0, 0.05) is 19.6 Å². The first-order valence-electron chi connectivity index (χ1n) is 5.78. The predicted molar refractivity (Wildman–Crippen MR) is 70.1 cm³/mol. The molecule has 0 saturated heterocycles. The molecule has 90 valence electrons. The second-order valence-electron chi connectivity index (χ2n) is 4.48. The fourth-order valence-corrected chi connectivity index (χ4v) is 2.34. The summed E-state index contributed by atoms with van der Waals surface area (Å²) in [4.78, 5) is 0. The molecule has 0 spiro atoms. The molecule has 1 aromatic rings. The highest BCUT2D eigenvalue weighted by molar-refractivity contribution is 6.18. The maximum atomic E-state index is 6.04. The normalized spacial score (nSPS) is 14.8. The zero-order valence-electron chi connectivity index (χ0n) is 10.4. The van der Waals surface area contributed by atoms with Crippen LogP contribution in [0.3, 0.4) is 0 Å². The van der Waals surface area contributed by atoms with Gasteiger partial charge in [-0.1, -0.05) is 31.2 Å². The second-order valence-corrected chi connectivity index (χ2v) is 4.79. The summed E-state index contributed by atoms with van der Waals surface area (Å²) >= 11 is 6.04. The van der Waals surface area contributed by atoms with Crippen molar-refractivity contribution in [3.8, 4) is 0 Å². The molecule has 1 nitrogen and oxygen atoms in total. The largest absolute Gasteiger partial charge is 0.384 e. The highest BCUT2D eigenvalue weighted by atomic mass is 35.5. The van der Waals surface area contributed by atoms with E-state index in [1.807, 2.05) is 0 Å². The minimum atomic E-state index is 0.489. The van der Waals surface area contributed by atoms with Gasteiger partial charge in [0.15, 0.2) is 0 Å². The molecule has 0 aromatic heterocycles. The molecule has 16 heavy (non-hydrogen) atoms. The van der Waals surface area contributed by atoms with Crippen LogP contribution in [-0.2, 0) is 11.2 Å². The van der Waals surface area contributed by atoms with Gasteiger partial charge in [-0.3, -0.25) is 0 Å². The number of rotatable bonds is 6. The minimum Gasteiger partial charge on any atom is -0.384 e. The molecule has 0 saturated carbocycles. The first kappa shape index (κ1) is 13.5. The number of hydrogen-bond acceptors (Lipinski definition) is 1. The van der Waals surface area contributed by atoms with Crippen molar-refractivity contribution in [2.24, 2.45) is 11.8 Å². The molecule has 0 amide bonds. The van der Waals surface area contributed by atoms with Crippen LogP contribution in [0.2, 0.25) is 0 Å². The zero-order chi connectivity index (χ0) is 12.0. The highest BCUT2D eigenvalue weighted by Gasteiger charge is 2.17. The molecule has 1 rings (SSSR count). The van der Waals surface area contributed by atoms with Crippen LogP contribution < -0.4 is 0 Å². The van der Waals surface area contributed by atoms with Crippen molar-refractivity contribution in [2.75, 3.05) is 19.6 Å². The molecule has 2 atom stereocenters. The van der Waals surface area contributed by atoms with Crippen LogP contribution in [0.5, 0.6) is 0 Å². The summed E-state index contributed by atoms with van der Waals surface area (Å²) in [7, 11) is 1.75. The van der Waals surface area contributed by atoms with Gasteiger partial charge in [0.2, 0.25) is 0 Å². The third kappa shape index (κ3) is 3.80. The molecule has 0 radical (unpaired) electrons. The average molecular weight is 241 g/mol. The molecule has 0 N–H and O–H groups in total. The van der Waals surface area contributed by atoms with Crippen LogP contribution in [0.4, 0.5) is 0 Å². The summed E-state index contributed by atoms with van der Waals surface area (Å²) in [6.45, 7) is 5.14. The molecule has 0 heterocycles. The third-order valence-electron chi connectivity index (χ3n) is 3.18. The summed E-state index contributed by atoms with van der Waals surface area (Å²) in [5, 5.41) is 0. The molecule has 0 aliphatic rings. The Labute approximate surface area is 104 Å². The fourth-order valence-electron chi connectivity index (χ4n) is 1.93. The maximum absolute atomic E-state index is 6.04. The quantitative estimate of drug-likeness (QED) is 0.690. The predicted octanol–water partition coefficient (Wildman–Crippen LogP) is 3.68. The zero-order valence-corrected chi connectivity index (χ0v) is 11.1. The van der Waals surface area contributed by atoms with E-state index < -0.39 is 0 Å². The van der Waals surface area contributed by atoms with E-state index in [-0.39, 0.29) is 0 Å². The number of benzene rings is 1. The summed E-state index contributed by atoms with van der Waals surface area (Å²) < 4.78 is 5.20. The van der Waals surface area contributed by atoms with E-state index in [4.69, 9.17) is 16.3 Å². The van der Waals surface area contributed by atoms with Crippen molar-refractivity contribution >= 4 is 11.6 Å². The van der Waals surface area contributed by atoms with Gasteiger partial charge in [0.05, 0.1) is 0 Å². The van der Waals surface area contributed by atoms with Crippen LogP contribution in [0, 0.1) is 18.8 Å². The lowest BCUT2D eigenvalue weighted by atomic mass is 9.88. The Morgan fingerprint density at radius 2 is 2.00 bits per heavy atom. The number of halogens is 1. The Balaban J connectivity index is 2.66. The molecule has 0 bridgehead atoms. The SMILES string of the molecule is COCC(C)C(CCl)Cc1ccccc1C. The van der Waals surface area contributed by atoms with Crippen LogP contribution in [0.15, 0.2) is 24.3 Å². The number of ether oxygens (including phenoxy) is 1. The van der Waals surface area contributed by atoms with Gasteiger partial charge in [-0.25, -0.2) is 0 Å². The Kier molecular flexibility index (Phi) is 5.86. The third-order valence-corrected chi connectivity index (χ3v) is 3.57. The standard InChI is InChI=1S/C14H21ClO/c1-11-6-4-5-7-13(11)8-14(9-15)12(2)10-16-3/h4-7,12,14H,8-10H2,1-3H3. The molecule has 0 fully saturated rings. The average Bonchev–Trinajstić information content (AvgIpc) is 2.28. The van der Waals surface area contributed by atoms with E-state index >= 15 is 0 Å². The fraction of sp³-hybridized carbons (Fsp3) is 0.571. The second kappa shape index (κ2) is 6.93. The lowest BCUT2D eigenvalue weighted by molar-refractivity contribution is 0.135. The van der Waals surface area contributed by atoms with Gasteiger partial charge < -0.3 is 4.74 Å². The number of methoxy groups -OCH3 is 1. The lowest BCUT2D eigenvalue weighted by Crippen LogP contribution is -2.20. The summed E-state index contributed by atoms with van der Waals surface area (Å²) in [5.41, 5.74) is 2.75. The topological polar surface area (TPSA) is 9.23 Å². The van der Waals surface area contributed by atoms with Gasteiger partial charge in [-0.2, -0.15) is 0 Å². The van der Waals surface area contributed by atoms with E-state index in [0.29, 0.717) is 17.7 Å². The number of hydrogen-bond donors (Lipinski definition) is 0. The Bertz CT molecular complexity index is 311. The van der Waals surface area contributed by atoms with E-state index in [1.165, 1.54) is 11.1 Å². The lowest BCUT2D eigenvalue weighted by Gasteiger charge is -2.22. The van der Waals surface area contributed by atoms with E-state index in [1.54, 1.807) is 7.11 Å². The number of alkyl halides is 1. The van der Waals surface area contributed by atoms with Crippen molar-refractivity contribution in [3.63, 3.8) is 0 Å². The van der Waals surface area contributed by atoms with Crippen molar-refractivity contribution in [1.82, 2.24) is 0 Å². The minimum absolute atomic E-state index is 0.489. The van der Waals surface area contributed by atoms with Gasteiger partial charge >= 0.3 is 0 Å². The molecular formula is C14H21ClO. The van der Waals surface area contributed by atoms with Crippen molar-refractivity contribution in [1.29, 1.82) is 0 Å². The molecule has 2 heteroatoms. The highest BCUT2D eigenvalue weighted by Crippen LogP contribution is 2.21. The van der Waals surface area contributed by atoms with Crippen LogP contribution >= 0.6 is 11.6 Å². The van der Waals surface area contributed by atoms with Crippen molar-refractivity contribution in [3.05, 3.63) is 35.4 Å².